The van der Waals surface area contributed by atoms with E-state index < -0.39 is 24.5 Å². The zero-order chi connectivity index (χ0) is 19.3. The van der Waals surface area contributed by atoms with E-state index >= 15 is 0 Å². The highest BCUT2D eigenvalue weighted by Crippen LogP contribution is 2.15. The maximum absolute atomic E-state index is 11.8. The topological polar surface area (TPSA) is 117 Å². The van der Waals surface area contributed by atoms with Crippen molar-refractivity contribution in [1.82, 2.24) is 10.3 Å². The zero-order valence-electron chi connectivity index (χ0n) is 14.6. The molecule has 0 radical (unpaired) electrons. The van der Waals surface area contributed by atoms with Gasteiger partial charge in [0.05, 0.1) is 0 Å². The van der Waals surface area contributed by atoms with Crippen LogP contribution in [0.1, 0.15) is 38.9 Å². The molecule has 0 spiro atoms. The minimum Gasteiger partial charge on any atom is -0.451 e. The number of aromatic nitrogens is 1. The van der Waals surface area contributed by atoms with Crippen LogP contribution in [-0.4, -0.2) is 35.3 Å². The molecular formula is C18H19N3O5. The number of aromatic amines is 1. The van der Waals surface area contributed by atoms with Crippen LogP contribution in [-0.2, 0) is 9.53 Å². The SMILES string of the molecule is CC(=O)c1c[nH]c(C(=O)OCC(=O)NC(=O)Nc2ccc(C)cc2C)c1. The van der Waals surface area contributed by atoms with Crippen LogP contribution in [0.4, 0.5) is 10.5 Å². The van der Waals surface area contributed by atoms with E-state index in [-0.39, 0.29) is 11.5 Å². The Bertz CT molecular complexity index is 869. The lowest BCUT2D eigenvalue weighted by molar-refractivity contribution is -0.123. The second-order valence-electron chi connectivity index (χ2n) is 5.76. The van der Waals surface area contributed by atoms with Crippen molar-refractivity contribution in [2.24, 2.45) is 0 Å². The lowest BCUT2D eigenvalue weighted by Gasteiger charge is -2.10. The summed E-state index contributed by atoms with van der Waals surface area (Å²) < 4.78 is 4.80. The second-order valence-corrected chi connectivity index (χ2v) is 5.76. The van der Waals surface area contributed by atoms with E-state index in [1.54, 1.807) is 6.07 Å². The van der Waals surface area contributed by atoms with Crippen LogP contribution in [0.5, 0.6) is 0 Å². The summed E-state index contributed by atoms with van der Waals surface area (Å²) in [4.78, 5) is 49.1. The van der Waals surface area contributed by atoms with Gasteiger partial charge in [0.1, 0.15) is 5.69 Å². The third kappa shape index (κ3) is 5.04. The molecule has 8 heteroatoms. The number of carbonyl (C=O) groups is 4. The molecule has 3 N–H and O–H groups in total. The summed E-state index contributed by atoms with van der Waals surface area (Å²) in [6.45, 7) is 4.49. The number of ketones is 1. The van der Waals surface area contributed by atoms with Crippen molar-refractivity contribution in [1.29, 1.82) is 0 Å². The van der Waals surface area contributed by atoms with Gasteiger partial charge in [0.2, 0.25) is 0 Å². The third-order valence-electron chi connectivity index (χ3n) is 3.53. The first-order valence-electron chi connectivity index (χ1n) is 7.81. The molecule has 0 saturated carbocycles. The fourth-order valence-electron chi connectivity index (χ4n) is 2.19. The molecule has 0 atom stereocenters. The molecule has 1 heterocycles. The first kappa shape index (κ1) is 18.9. The molecule has 0 aliphatic heterocycles. The Hall–Kier alpha value is -3.42. The number of anilines is 1. The number of amides is 3. The van der Waals surface area contributed by atoms with Gasteiger partial charge in [-0.1, -0.05) is 17.7 Å². The second kappa shape index (κ2) is 8.11. The number of aryl methyl sites for hydroxylation is 2. The Labute approximate surface area is 149 Å². The average Bonchev–Trinajstić information content (AvgIpc) is 3.05. The van der Waals surface area contributed by atoms with Gasteiger partial charge < -0.3 is 15.0 Å². The number of hydrogen-bond acceptors (Lipinski definition) is 5. The first-order chi connectivity index (χ1) is 12.3. The van der Waals surface area contributed by atoms with Gasteiger partial charge in [-0.05, 0) is 38.5 Å². The predicted octanol–water partition coefficient (Wildman–Crippen LogP) is 2.34. The number of H-pyrrole nitrogens is 1. The molecule has 2 rings (SSSR count). The minimum absolute atomic E-state index is 0.0442. The number of benzene rings is 1. The zero-order valence-corrected chi connectivity index (χ0v) is 14.6. The van der Waals surface area contributed by atoms with Crippen LogP contribution in [0.25, 0.3) is 0 Å². The summed E-state index contributed by atoms with van der Waals surface area (Å²) in [5, 5.41) is 4.62. The number of Topliss-reactive ketones (excluding diaryl/α,β-unsaturated/α-hetero) is 1. The van der Waals surface area contributed by atoms with Crippen LogP contribution < -0.4 is 10.6 Å². The van der Waals surface area contributed by atoms with E-state index in [4.69, 9.17) is 4.74 Å². The number of carbonyl (C=O) groups excluding carboxylic acids is 4. The molecule has 0 saturated heterocycles. The Morgan fingerprint density at radius 3 is 2.46 bits per heavy atom. The molecular weight excluding hydrogens is 338 g/mol. The Balaban J connectivity index is 1.83. The molecule has 0 aliphatic rings. The van der Waals surface area contributed by atoms with E-state index in [2.05, 4.69) is 15.6 Å². The number of ether oxygens (including phenoxy) is 1. The third-order valence-corrected chi connectivity index (χ3v) is 3.53. The van der Waals surface area contributed by atoms with E-state index in [0.29, 0.717) is 11.3 Å². The number of rotatable bonds is 5. The van der Waals surface area contributed by atoms with Gasteiger partial charge in [0.15, 0.2) is 12.4 Å². The van der Waals surface area contributed by atoms with Crippen LogP contribution in [0.15, 0.2) is 30.5 Å². The molecule has 2 aromatic rings. The summed E-state index contributed by atoms with van der Waals surface area (Å²) in [6, 6.07) is 6.06. The molecule has 8 nitrogen and oxygen atoms in total. The number of esters is 1. The molecule has 0 aliphatic carbocycles. The largest absolute Gasteiger partial charge is 0.451 e. The summed E-state index contributed by atoms with van der Waals surface area (Å²) >= 11 is 0. The summed E-state index contributed by atoms with van der Waals surface area (Å²) in [5.41, 5.74) is 2.85. The normalized spacial score (nSPS) is 10.1. The van der Waals surface area contributed by atoms with E-state index in [0.717, 1.165) is 11.1 Å². The fraction of sp³-hybridized carbons (Fsp3) is 0.222. The lowest BCUT2D eigenvalue weighted by Crippen LogP contribution is -2.37. The highest BCUT2D eigenvalue weighted by atomic mass is 16.5. The summed E-state index contributed by atoms with van der Waals surface area (Å²) in [7, 11) is 0. The number of urea groups is 1. The highest BCUT2D eigenvalue weighted by molar-refractivity contribution is 6.03. The number of hydrogen-bond donors (Lipinski definition) is 3. The maximum atomic E-state index is 11.8. The first-order valence-corrected chi connectivity index (χ1v) is 7.81. The highest BCUT2D eigenvalue weighted by Gasteiger charge is 2.15. The van der Waals surface area contributed by atoms with Crippen LogP contribution in [0.3, 0.4) is 0 Å². The molecule has 136 valence electrons. The van der Waals surface area contributed by atoms with Gasteiger partial charge in [0.25, 0.3) is 5.91 Å². The van der Waals surface area contributed by atoms with E-state index in [9.17, 15) is 19.2 Å². The molecule has 0 fully saturated rings. The van der Waals surface area contributed by atoms with Crippen LogP contribution >= 0.6 is 0 Å². The van der Waals surface area contributed by atoms with Gasteiger partial charge >= 0.3 is 12.0 Å². The van der Waals surface area contributed by atoms with Crippen molar-refractivity contribution < 1.29 is 23.9 Å². The average molecular weight is 357 g/mol. The number of nitrogens with one attached hydrogen (secondary N) is 3. The maximum Gasteiger partial charge on any atom is 0.355 e. The van der Waals surface area contributed by atoms with Crippen molar-refractivity contribution in [3.63, 3.8) is 0 Å². The smallest absolute Gasteiger partial charge is 0.355 e. The van der Waals surface area contributed by atoms with Crippen molar-refractivity contribution in [3.8, 4) is 0 Å². The van der Waals surface area contributed by atoms with E-state index in [1.807, 2.05) is 26.0 Å². The van der Waals surface area contributed by atoms with Gasteiger partial charge in [-0.2, -0.15) is 0 Å². The van der Waals surface area contributed by atoms with Gasteiger partial charge in [-0.3, -0.25) is 14.9 Å². The lowest BCUT2D eigenvalue weighted by atomic mass is 10.1. The molecule has 1 aromatic heterocycles. The molecule has 0 bridgehead atoms. The van der Waals surface area contributed by atoms with Crippen molar-refractivity contribution >= 4 is 29.4 Å². The Morgan fingerprint density at radius 1 is 1.12 bits per heavy atom. The van der Waals surface area contributed by atoms with Gasteiger partial charge in [0, 0.05) is 17.4 Å². The Kier molecular flexibility index (Phi) is 5.90. The quantitative estimate of drug-likeness (QED) is 0.561. The number of imide groups is 1. The molecule has 1 aromatic carbocycles. The molecule has 26 heavy (non-hydrogen) atoms. The summed E-state index contributed by atoms with van der Waals surface area (Å²) in [5.74, 6) is -1.79. The van der Waals surface area contributed by atoms with E-state index in [1.165, 1.54) is 19.2 Å². The monoisotopic (exact) mass is 357 g/mol. The summed E-state index contributed by atoms with van der Waals surface area (Å²) in [6.07, 6.45) is 1.37. The predicted molar refractivity (Wildman–Crippen MR) is 94.2 cm³/mol. The van der Waals surface area contributed by atoms with Crippen molar-refractivity contribution in [3.05, 3.63) is 52.8 Å². The van der Waals surface area contributed by atoms with Crippen LogP contribution in [0.2, 0.25) is 0 Å². The molecule has 0 unspecified atom stereocenters. The van der Waals surface area contributed by atoms with Gasteiger partial charge in [-0.15, -0.1) is 0 Å². The standard InChI is InChI=1S/C18H19N3O5/c1-10-4-5-14(11(2)6-10)20-18(25)21-16(23)9-26-17(24)15-7-13(8-19-15)12(3)22/h4-8,19H,9H2,1-3H3,(H2,20,21,23,25). The van der Waals surface area contributed by atoms with Crippen molar-refractivity contribution in [2.75, 3.05) is 11.9 Å². The van der Waals surface area contributed by atoms with Crippen molar-refractivity contribution in [2.45, 2.75) is 20.8 Å². The fourth-order valence-corrected chi connectivity index (χ4v) is 2.19. The molecule has 3 amide bonds. The minimum atomic E-state index is -0.803. The Morgan fingerprint density at radius 2 is 1.85 bits per heavy atom. The van der Waals surface area contributed by atoms with Crippen LogP contribution in [0, 0.1) is 13.8 Å². The van der Waals surface area contributed by atoms with Gasteiger partial charge in [-0.25, -0.2) is 9.59 Å².